The van der Waals surface area contributed by atoms with Crippen molar-refractivity contribution in [1.82, 2.24) is 10.2 Å². The van der Waals surface area contributed by atoms with Gasteiger partial charge in [0.2, 0.25) is 5.91 Å². The molecule has 1 fully saturated rings. The minimum absolute atomic E-state index is 0.124. The lowest BCUT2D eigenvalue weighted by atomic mass is 9.76. The average molecular weight is 256 g/mol. The Balaban J connectivity index is 2.59. The van der Waals surface area contributed by atoms with Gasteiger partial charge in [0.15, 0.2) is 0 Å². The molecule has 0 aliphatic heterocycles. The molecule has 0 aromatic carbocycles. The molecule has 1 aliphatic carbocycles. The number of urea groups is 1. The van der Waals surface area contributed by atoms with Crippen molar-refractivity contribution in [3.8, 4) is 0 Å². The van der Waals surface area contributed by atoms with Crippen LogP contribution < -0.4 is 16.8 Å². The molecular weight excluding hydrogens is 232 g/mol. The van der Waals surface area contributed by atoms with E-state index in [-0.39, 0.29) is 18.0 Å². The molecule has 3 amide bonds. The molecule has 0 spiro atoms. The molecule has 0 saturated heterocycles. The van der Waals surface area contributed by atoms with Crippen molar-refractivity contribution in [1.29, 1.82) is 0 Å². The smallest absolute Gasteiger partial charge is 0.318 e. The number of nitrogens with zero attached hydrogens (tertiary/aromatic N) is 1. The van der Waals surface area contributed by atoms with Crippen molar-refractivity contribution in [2.45, 2.75) is 38.1 Å². The van der Waals surface area contributed by atoms with Gasteiger partial charge in [0.25, 0.3) is 0 Å². The first-order chi connectivity index (χ1) is 8.39. The van der Waals surface area contributed by atoms with E-state index >= 15 is 0 Å². The minimum atomic E-state index is -0.813. The third-order valence-corrected chi connectivity index (χ3v) is 4.04. The van der Waals surface area contributed by atoms with E-state index in [0.717, 1.165) is 31.6 Å². The zero-order valence-corrected chi connectivity index (χ0v) is 11.2. The number of carbonyl (C=O) groups is 2. The summed E-state index contributed by atoms with van der Waals surface area (Å²) >= 11 is 0. The van der Waals surface area contributed by atoms with E-state index in [1.54, 1.807) is 0 Å². The van der Waals surface area contributed by atoms with Gasteiger partial charge < -0.3 is 11.5 Å². The fourth-order valence-corrected chi connectivity index (χ4v) is 2.60. The number of primary amides is 1. The van der Waals surface area contributed by atoms with Gasteiger partial charge in [-0.1, -0.05) is 6.92 Å². The van der Waals surface area contributed by atoms with E-state index in [4.69, 9.17) is 11.5 Å². The summed E-state index contributed by atoms with van der Waals surface area (Å²) < 4.78 is 0. The van der Waals surface area contributed by atoms with Crippen molar-refractivity contribution < 1.29 is 9.59 Å². The number of likely N-dealkylation sites (N-methyl/N-ethyl adjacent to an activating group) is 1. The normalized spacial score (nSPS) is 28.1. The van der Waals surface area contributed by atoms with Gasteiger partial charge in [0.05, 0.1) is 6.54 Å². The summed E-state index contributed by atoms with van der Waals surface area (Å²) in [6, 6.07) is -0.813. The van der Waals surface area contributed by atoms with Crippen LogP contribution in [-0.4, -0.2) is 42.5 Å². The van der Waals surface area contributed by atoms with Crippen molar-refractivity contribution >= 4 is 11.9 Å². The Morgan fingerprint density at radius 1 is 1.39 bits per heavy atom. The number of amides is 3. The van der Waals surface area contributed by atoms with Crippen LogP contribution in [-0.2, 0) is 4.79 Å². The molecule has 0 aromatic heterocycles. The SMILES string of the molecule is CC1CCC(CN)(N(C)CC(=O)NC(N)=O)CC1. The van der Waals surface area contributed by atoms with Gasteiger partial charge in [-0.05, 0) is 38.6 Å². The Morgan fingerprint density at radius 3 is 2.39 bits per heavy atom. The van der Waals surface area contributed by atoms with Crippen LogP contribution in [0.3, 0.4) is 0 Å². The summed E-state index contributed by atoms with van der Waals surface area (Å²) in [6.07, 6.45) is 4.23. The molecule has 6 nitrogen and oxygen atoms in total. The van der Waals surface area contributed by atoms with Gasteiger partial charge in [0, 0.05) is 12.1 Å². The van der Waals surface area contributed by atoms with Gasteiger partial charge in [-0.2, -0.15) is 0 Å². The standard InChI is InChI=1S/C12H24N4O2/c1-9-3-5-12(8-13,6-4-9)16(2)7-10(17)15-11(14)18/h9H,3-8,13H2,1-2H3,(H3,14,15,17,18). The first kappa shape index (κ1) is 14.9. The number of nitrogens with one attached hydrogen (secondary N) is 1. The Hall–Kier alpha value is -1.14. The van der Waals surface area contributed by atoms with Gasteiger partial charge in [0.1, 0.15) is 0 Å². The largest absolute Gasteiger partial charge is 0.351 e. The lowest BCUT2D eigenvalue weighted by Gasteiger charge is -2.45. The highest BCUT2D eigenvalue weighted by atomic mass is 16.2. The first-order valence-electron chi connectivity index (χ1n) is 6.40. The number of nitrogens with two attached hydrogens (primary N) is 2. The summed E-state index contributed by atoms with van der Waals surface area (Å²) in [5, 5.41) is 2.08. The summed E-state index contributed by atoms with van der Waals surface area (Å²) in [4.78, 5) is 24.1. The van der Waals surface area contributed by atoms with E-state index in [1.807, 2.05) is 11.9 Å². The summed E-state index contributed by atoms with van der Waals surface area (Å²) in [5.41, 5.74) is 10.7. The van der Waals surface area contributed by atoms with E-state index in [9.17, 15) is 9.59 Å². The number of hydrogen-bond donors (Lipinski definition) is 3. The molecule has 6 heteroatoms. The number of hydrogen-bond acceptors (Lipinski definition) is 4. The highest BCUT2D eigenvalue weighted by Gasteiger charge is 2.37. The van der Waals surface area contributed by atoms with Crippen LogP contribution >= 0.6 is 0 Å². The predicted octanol–water partition coefficient (Wildman–Crippen LogP) is 0.0207. The lowest BCUT2D eigenvalue weighted by Crippen LogP contribution is -2.56. The van der Waals surface area contributed by atoms with E-state index in [1.165, 1.54) is 0 Å². The molecule has 104 valence electrons. The second kappa shape index (κ2) is 6.15. The van der Waals surface area contributed by atoms with Gasteiger partial charge >= 0.3 is 6.03 Å². The van der Waals surface area contributed by atoms with Crippen molar-refractivity contribution in [3.63, 3.8) is 0 Å². The third-order valence-electron chi connectivity index (χ3n) is 4.04. The molecule has 1 saturated carbocycles. The Kier molecular flexibility index (Phi) is 5.10. The third kappa shape index (κ3) is 3.68. The van der Waals surface area contributed by atoms with E-state index < -0.39 is 6.03 Å². The highest BCUT2D eigenvalue weighted by Crippen LogP contribution is 2.34. The maximum atomic E-state index is 11.5. The molecule has 0 bridgehead atoms. The average Bonchev–Trinajstić information content (AvgIpc) is 2.29. The molecule has 5 N–H and O–H groups in total. The highest BCUT2D eigenvalue weighted by molar-refractivity contribution is 5.94. The van der Waals surface area contributed by atoms with Crippen LogP contribution in [0.1, 0.15) is 32.6 Å². The molecule has 1 rings (SSSR count). The van der Waals surface area contributed by atoms with Crippen molar-refractivity contribution in [2.75, 3.05) is 20.1 Å². The molecule has 0 atom stereocenters. The Labute approximate surface area is 108 Å². The lowest BCUT2D eigenvalue weighted by molar-refractivity contribution is -0.122. The Morgan fingerprint density at radius 2 is 1.94 bits per heavy atom. The summed E-state index contributed by atoms with van der Waals surface area (Å²) in [5.74, 6) is 0.342. The van der Waals surface area contributed by atoms with Gasteiger partial charge in [-0.15, -0.1) is 0 Å². The maximum Gasteiger partial charge on any atom is 0.318 e. The quantitative estimate of drug-likeness (QED) is 0.660. The topological polar surface area (TPSA) is 101 Å². The zero-order valence-electron chi connectivity index (χ0n) is 11.2. The summed E-state index contributed by atoms with van der Waals surface area (Å²) in [6.45, 7) is 2.91. The number of carbonyl (C=O) groups excluding carboxylic acids is 2. The molecule has 0 aromatic rings. The van der Waals surface area contributed by atoms with Crippen molar-refractivity contribution in [3.05, 3.63) is 0 Å². The molecule has 0 heterocycles. The summed E-state index contributed by atoms with van der Waals surface area (Å²) in [7, 11) is 1.88. The second-order valence-corrected chi connectivity index (χ2v) is 5.38. The monoisotopic (exact) mass is 256 g/mol. The van der Waals surface area contributed by atoms with Crippen LogP contribution in [0, 0.1) is 5.92 Å². The molecule has 0 radical (unpaired) electrons. The van der Waals surface area contributed by atoms with Crippen LogP contribution in [0.15, 0.2) is 0 Å². The molecular formula is C12H24N4O2. The Bertz CT molecular complexity index is 311. The fraction of sp³-hybridized carbons (Fsp3) is 0.833. The van der Waals surface area contributed by atoms with Crippen LogP contribution in [0.25, 0.3) is 0 Å². The van der Waals surface area contributed by atoms with Crippen LogP contribution in [0.4, 0.5) is 4.79 Å². The van der Waals surface area contributed by atoms with E-state index in [2.05, 4.69) is 12.2 Å². The van der Waals surface area contributed by atoms with Crippen molar-refractivity contribution in [2.24, 2.45) is 17.4 Å². The molecule has 1 aliphatic rings. The number of rotatable bonds is 4. The van der Waals surface area contributed by atoms with Crippen LogP contribution in [0.5, 0.6) is 0 Å². The molecule has 0 unspecified atom stereocenters. The van der Waals surface area contributed by atoms with Gasteiger partial charge in [-0.25, -0.2) is 4.79 Å². The minimum Gasteiger partial charge on any atom is -0.351 e. The predicted molar refractivity (Wildman–Crippen MR) is 69.8 cm³/mol. The second-order valence-electron chi connectivity index (χ2n) is 5.38. The first-order valence-corrected chi connectivity index (χ1v) is 6.40. The maximum absolute atomic E-state index is 11.5. The fourth-order valence-electron chi connectivity index (χ4n) is 2.60. The van der Waals surface area contributed by atoms with Crippen LogP contribution in [0.2, 0.25) is 0 Å². The molecule has 18 heavy (non-hydrogen) atoms. The van der Waals surface area contributed by atoms with E-state index in [0.29, 0.717) is 6.54 Å². The van der Waals surface area contributed by atoms with Gasteiger partial charge in [-0.3, -0.25) is 15.0 Å². The number of imide groups is 1. The zero-order chi connectivity index (χ0) is 13.8.